The zero-order valence-corrected chi connectivity index (χ0v) is 24.4. The first-order valence-electron chi connectivity index (χ1n) is 14.0. The molecular formula is C39H33Si. The van der Waals surface area contributed by atoms with Crippen molar-refractivity contribution in [3.8, 4) is 33.4 Å². The molecule has 6 aromatic carbocycles. The predicted octanol–water partition coefficient (Wildman–Crippen LogP) is 8.13. The Morgan fingerprint density at radius 2 is 0.575 bits per heavy atom. The highest BCUT2D eigenvalue weighted by molar-refractivity contribution is 6.96. The number of benzene rings is 6. The molecule has 0 bridgehead atoms. The summed E-state index contributed by atoms with van der Waals surface area (Å²) in [7, 11) is -1.35. The molecule has 0 N–H and O–H groups in total. The Labute approximate surface area is 240 Å². The van der Waals surface area contributed by atoms with E-state index in [0.717, 1.165) is 0 Å². The molecule has 0 saturated heterocycles. The van der Waals surface area contributed by atoms with E-state index in [-0.39, 0.29) is 0 Å². The number of rotatable bonds is 6. The Kier molecular flexibility index (Phi) is 7.31. The maximum Gasteiger partial charge on any atom is 0.155 e. The van der Waals surface area contributed by atoms with Crippen LogP contribution in [0.15, 0.2) is 146 Å². The third kappa shape index (κ3) is 4.85. The topological polar surface area (TPSA) is 0 Å². The second kappa shape index (κ2) is 11.3. The monoisotopic (exact) mass is 529 g/mol. The average molecular weight is 530 g/mol. The highest BCUT2D eigenvalue weighted by Gasteiger charge is 2.27. The van der Waals surface area contributed by atoms with Crippen LogP contribution in [0.5, 0.6) is 0 Å². The quantitative estimate of drug-likeness (QED) is 0.151. The van der Waals surface area contributed by atoms with Gasteiger partial charge < -0.3 is 0 Å². The van der Waals surface area contributed by atoms with Crippen LogP contribution >= 0.6 is 0 Å². The zero-order chi connectivity index (χ0) is 27.5. The van der Waals surface area contributed by atoms with Gasteiger partial charge in [0.2, 0.25) is 0 Å². The minimum absolute atomic E-state index is 1.27. The van der Waals surface area contributed by atoms with E-state index < -0.39 is 8.80 Å². The van der Waals surface area contributed by atoms with Crippen LogP contribution < -0.4 is 15.6 Å². The van der Waals surface area contributed by atoms with Crippen LogP contribution in [0.1, 0.15) is 16.7 Å². The van der Waals surface area contributed by atoms with Gasteiger partial charge in [-0.3, -0.25) is 0 Å². The molecule has 6 aromatic rings. The molecule has 0 aliphatic heterocycles. The van der Waals surface area contributed by atoms with Gasteiger partial charge in [0.15, 0.2) is 8.80 Å². The van der Waals surface area contributed by atoms with E-state index in [1.807, 2.05) is 0 Å². The first kappa shape index (κ1) is 25.8. The largest absolute Gasteiger partial charge is 0.155 e. The van der Waals surface area contributed by atoms with Crippen molar-refractivity contribution in [2.75, 3.05) is 0 Å². The SMILES string of the molecule is Cc1c(-c2ccccc2)cccc1[Si](c1cccc(-c2ccccc2)c1C)c1cccc(-c2ccccc2)c1C. The standard InChI is InChI=1S/C39H33Si/c1-28-34(31-16-7-4-8-17-31)22-13-25-37(28)40(38-26-14-23-35(29(38)2)32-18-9-5-10-19-32)39-27-15-24-36(30(39)3)33-20-11-6-12-21-33/h4-27H,1-3H3. The van der Waals surface area contributed by atoms with E-state index in [0.29, 0.717) is 0 Å². The van der Waals surface area contributed by atoms with Gasteiger partial charge in [-0.2, -0.15) is 0 Å². The Morgan fingerprint density at radius 1 is 0.300 bits per heavy atom. The van der Waals surface area contributed by atoms with Gasteiger partial charge >= 0.3 is 0 Å². The van der Waals surface area contributed by atoms with Crippen molar-refractivity contribution < 1.29 is 0 Å². The van der Waals surface area contributed by atoms with Crippen molar-refractivity contribution in [3.63, 3.8) is 0 Å². The van der Waals surface area contributed by atoms with Crippen LogP contribution in [-0.2, 0) is 0 Å². The molecule has 0 aliphatic rings. The summed E-state index contributed by atoms with van der Waals surface area (Å²) in [5, 5.41) is 4.36. The molecule has 0 nitrogen and oxygen atoms in total. The Hall–Kier alpha value is -4.46. The van der Waals surface area contributed by atoms with Crippen LogP contribution in [0.25, 0.3) is 33.4 Å². The number of hydrogen-bond donors (Lipinski definition) is 0. The lowest BCUT2D eigenvalue weighted by atomic mass is 10.0. The van der Waals surface area contributed by atoms with E-state index in [2.05, 4.69) is 166 Å². The van der Waals surface area contributed by atoms with Gasteiger partial charge in [0.1, 0.15) is 0 Å². The minimum Gasteiger partial charge on any atom is -0.0622 e. The molecule has 0 atom stereocenters. The lowest BCUT2D eigenvalue weighted by Crippen LogP contribution is -2.55. The fourth-order valence-electron chi connectivity index (χ4n) is 5.95. The maximum atomic E-state index is 2.37. The molecule has 0 spiro atoms. The summed E-state index contributed by atoms with van der Waals surface area (Å²) in [6.45, 7) is 6.94. The molecule has 0 saturated carbocycles. The summed E-state index contributed by atoms with van der Waals surface area (Å²) in [6.07, 6.45) is 0. The van der Waals surface area contributed by atoms with Gasteiger partial charge in [0.05, 0.1) is 0 Å². The highest BCUT2D eigenvalue weighted by Crippen LogP contribution is 2.26. The summed E-state index contributed by atoms with van der Waals surface area (Å²) in [4.78, 5) is 0. The Bertz CT molecular complexity index is 1540. The summed E-state index contributed by atoms with van der Waals surface area (Å²) in [6, 6.07) is 53.1. The van der Waals surface area contributed by atoms with E-state index in [1.165, 1.54) is 65.6 Å². The first-order valence-corrected chi connectivity index (χ1v) is 15.5. The predicted molar refractivity (Wildman–Crippen MR) is 175 cm³/mol. The second-order valence-corrected chi connectivity index (χ2v) is 12.8. The normalized spacial score (nSPS) is 11.1. The average Bonchev–Trinajstić information content (AvgIpc) is 3.01. The fourth-order valence-corrected chi connectivity index (χ4v) is 9.13. The molecule has 0 aliphatic carbocycles. The van der Waals surface area contributed by atoms with Crippen LogP contribution in [-0.4, -0.2) is 8.80 Å². The van der Waals surface area contributed by atoms with Gasteiger partial charge in [0, 0.05) is 0 Å². The smallest absolute Gasteiger partial charge is 0.0622 e. The van der Waals surface area contributed by atoms with E-state index in [9.17, 15) is 0 Å². The van der Waals surface area contributed by atoms with Crippen LogP contribution in [0, 0.1) is 20.8 Å². The van der Waals surface area contributed by atoms with Crippen LogP contribution in [0.4, 0.5) is 0 Å². The van der Waals surface area contributed by atoms with Crippen LogP contribution in [0.2, 0.25) is 0 Å². The van der Waals surface area contributed by atoms with Gasteiger partial charge in [-0.1, -0.05) is 146 Å². The Balaban J connectivity index is 1.61. The van der Waals surface area contributed by atoms with Gasteiger partial charge in [-0.05, 0) is 86.4 Å². The molecule has 0 heterocycles. The van der Waals surface area contributed by atoms with Crippen molar-refractivity contribution >= 4 is 24.4 Å². The molecule has 40 heavy (non-hydrogen) atoms. The second-order valence-electron chi connectivity index (χ2n) is 10.4. The molecule has 0 unspecified atom stereocenters. The van der Waals surface area contributed by atoms with E-state index in [4.69, 9.17) is 0 Å². The summed E-state index contributed by atoms with van der Waals surface area (Å²) in [5.41, 5.74) is 11.9. The number of hydrogen-bond acceptors (Lipinski definition) is 0. The van der Waals surface area contributed by atoms with Crippen molar-refractivity contribution in [2.24, 2.45) is 0 Å². The molecule has 193 valence electrons. The van der Waals surface area contributed by atoms with E-state index in [1.54, 1.807) is 0 Å². The molecular weight excluding hydrogens is 497 g/mol. The van der Waals surface area contributed by atoms with E-state index >= 15 is 0 Å². The third-order valence-corrected chi connectivity index (χ3v) is 11.3. The minimum atomic E-state index is -1.35. The summed E-state index contributed by atoms with van der Waals surface area (Å²) >= 11 is 0. The van der Waals surface area contributed by atoms with Crippen molar-refractivity contribution in [3.05, 3.63) is 162 Å². The molecule has 1 heteroatoms. The van der Waals surface area contributed by atoms with Gasteiger partial charge in [-0.25, -0.2) is 0 Å². The van der Waals surface area contributed by atoms with Crippen molar-refractivity contribution in [1.82, 2.24) is 0 Å². The summed E-state index contributed by atoms with van der Waals surface area (Å²) in [5.74, 6) is 0. The van der Waals surface area contributed by atoms with Gasteiger partial charge in [0.25, 0.3) is 0 Å². The molecule has 1 radical (unpaired) electrons. The summed E-state index contributed by atoms with van der Waals surface area (Å²) < 4.78 is 0. The molecule has 0 fully saturated rings. The lowest BCUT2D eigenvalue weighted by molar-refractivity contribution is 1.46. The van der Waals surface area contributed by atoms with Crippen LogP contribution in [0.3, 0.4) is 0 Å². The highest BCUT2D eigenvalue weighted by atomic mass is 28.3. The fraction of sp³-hybridized carbons (Fsp3) is 0.0769. The molecule has 0 amide bonds. The van der Waals surface area contributed by atoms with Crippen molar-refractivity contribution in [1.29, 1.82) is 0 Å². The first-order chi connectivity index (χ1) is 19.6. The van der Waals surface area contributed by atoms with Gasteiger partial charge in [-0.15, -0.1) is 0 Å². The maximum absolute atomic E-state index is 2.37. The molecule has 0 aromatic heterocycles. The van der Waals surface area contributed by atoms with Crippen molar-refractivity contribution in [2.45, 2.75) is 20.8 Å². The lowest BCUT2D eigenvalue weighted by Gasteiger charge is -2.26. The molecule has 6 rings (SSSR count). The zero-order valence-electron chi connectivity index (χ0n) is 23.4. The Morgan fingerprint density at radius 3 is 0.850 bits per heavy atom. The third-order valence-electron chi connectivity index (χ3n) is 8.06.